The molecule has 0 unspecified atom stereocenters. The molecule has 7 nitrogen and oxygen atoms in total. The van der Waals surface area contributed by atoms with E-state index >= 15 is 0 Å². The molecule has 2 aromatic heterocycles. The van der Waals surface area contributed by atoms with Gasteiger partial charge in [-0.1, -0.05) is 13.8 Å². The smallest absolute Gasteiger partial charge is 0.391 e. The van der Waals surface area contributed by atoms with Crippen LogP contribution in [0.15, 0.2) is 21.0 Å². The minimum Gasteiger partial charge on any atom is -0.446 e. The number of nitrogens with one attached hydrogen (secondary N) is 1. The molecule has 2 rings (SSSR count). The van der Waals surface area contributed by atoms with Crippen LogP contribution in [0.5, 0.6) is 0 Å². The van der Waals surface area contributed by atoms with Gasteiger partial charge in [0.05, 0.1) is 0 Å². The van der Waals surface area contributed by atoms with Crippen molar-refractivity contribution >= 4 is 19.1 Å². The molecule has 3 N–H and O–H groups in total. The zero-order valence-electron chi connectivity index (χ0n) is 12.2. The quantitative estimate of drug-likeness (QED) is 0.702. The van der Waals surface area contributed by atoms with Crippen molar-refractivity contribution in [2.75, 3.05) is 11.9 Å². The summed E-state index contributed by atoms with van der Waals surface area (Å²) in [7, 11) is -4.41. The van der Waals surface area contributed by atoms with Crippen LogP contribution >= 0.6 is 7.60 Å². The van der Waals surface area contributed by atoms with Crippen molar-refractivity contribution in [1.29, 1.82) is 0 Å². The molecule has 8 heteroatoms. The van der Waals surface area contributed by atoms with Crippen LogP contribution in [0.3, 0.4) is 0 Å². The number of hydrogen-bond donors (Lipinski definition) is 3. The SMILES string of the molecule is CCNc1nc(-c2ccc(P(=O)(O)O)o2)c(CC(C)C)o1. The number of furan rings is 1. The van der Waals surface area contributed by atoms with Crippen LogP contribution in [0, 0.1) is 5.92 Å². The highest BCUT2D eigenvalue weighted by Crippen LogP contribution is 2.36. The van der Waals surface area contributed by atoms with Crippen LogP contribution < -0.4 is 10.8 Å². The second kappa shape index (κ2) is 6.05. The molecule has 0 aromatic carbocycles. The number of hydrogen-bond acceptors (Lipinski definition) is 5. The lowest BCUT2D eigenvalue weighted by Gasteiger charge is -2.02. The standard InChI is InChI=1S/C13H19N2O5P/c1-4-14-13-15-12(10(20-13)7-8(2)3)9-5-6-11(19-9)21(16,17)18/h5-6,8H,4,7H2,1-3H3,(H,14,15)(H2,16,17,18). The van der Waals surface area contributed by atoms with Crippen LogP contribution in [0.1, 0.15) is 26.5 Å². The number of oxazole rings is 1. The van der Waals surface area contributed by atoms with Crippen LogP contribution in [0.4, 0.5) is 6.01 Å². The summed E-state index contributed by atoms with van der Waals surface area (Å²) in [5.74, 6) is 1.27. The number of rotatable bonds is 6. The van der Waals surface area contributed by atoms with Gasteiger partial charge in [-0.2, -0.15) is 4.98 Å². The van der Waals surface area contributed by atoms with E-state index in [2.05, 4.69) is 10.3 Å². The average Bonchev–Trinajstić information content (AvgIpc) is 2.94. The fraction of sp³-hybridized carbons (Fsp3) is 0.462. The second-order valence-electron chi connectivity index (χ2n) is 5.10. The first kappa shape index (κ1) is 15.8. The maximum atomic E-state index is 11.2. The van der Waals surface area contributed by atoms with Crippen molar-refractivity contribution < 1.29 is 23.2 Å². The highest BCUT2D eigenvalue weighted by atomic mass is 31.2. The summed E-state index contributed by atoms with van der Waals surface area (Å²) >= 11 is 0. The van der Waals surface area contributed by atoms with E-state index in [4.69, 9.17) is 18.6 Å². The van der Waals surface area contributed by atoms with E-state index in [0.717, 1.165) is 0 Å². The second-order valence-corrected chi connectivity index (χ2v) is 6.63. The molecular weight excluding hydrogens is 295 g/mol. The first-order valence-corrected chi connectivity index (χ1v) is 8.32. The fourth-order valence-corrected chi connectivity index (χ4v) is 2.38. The van der Waals surface area contributed by atoms with Gasteiger partial charge in [0, 0.05) is 13.0 Å². The Morgan fingerprint density at radius 1 is 1.33 bits per heavy atom. The van der Waals surface area contributed by atoms with Gasteiger partial charge >= 0.3 is 7.60 Å². The molecule has 0 fully saturated rings. The molecule has 0 aliphatic rings. The van der Waals surface area contributed by atoms with Crippen molar-refractivity contribution in [3.8, 4) is 11.5 Å². The third-order valence-electron chi connectivity index (χ3n) is 2.73. The van der Waals surface area contributed by atoms with Crippen LogP contribution in [-0.2, 0) is 11.0 Å². The van der Waals surface area contributed by atoms with E-state index < -0.39 is 7.60 Å². The molecule has 0 bridgehead atoms. The zero-order chi connectivity index (χ0) is 15.6. The van der Waals surface area contributed by atoms with Crippen LogP contribution in [-0.4, -0.2) is 21.3 Å². The van der Waals surface area contributed by atoms with Crippen LogP contribution in [0.25, 0.3) is 11.5 Å². The lowest BCUT2D eigenvalue weighted by Crippen LogP contribution is -1.98. The van der Waals surface area contributed by atoms with Gasteiger partial charge in [-0.05, 0) is 25.0 Å². The lowest BCUT2D eigenvalue weighted by atomic mass is 10.1. The summed E-state index contributed by atoms with van der Waals surface area (Å²) in [5.41, 5.74) is 0.0975. The summed E-state index contributed by atoms with van der Waals surface area (Å²) in [6.07, 6.45) is 0.652. The minimum atomic E-state index is -4.41. The van der Waals surface area contributed by atoms with Gasteiger partial charge in [-0.15, -0.1) is 0 Å². The number of aromatic nitrogens is 1. The van der Waals surface area contributed by atoms with Crippen molar-refractivity contribution in [2.45, 2.75) is 27.2 Å². The van der Waals surface area contributed by atoms with E-state index in [-0.39, 0.29) is 11.3 Å². The Morgan fingerprint density at radius 2 is 2.05 bits per heavy atom. The highest BCUT2D eigenvalue weighted by molar-refractivity contribution is 7.59. The van der Waals surface area contributed by atoms with Gasteiger partial charge in [0.15, 0.2) is 5.76 Å². The molecular formula is C13H19N2O5P. The molecule has 0 amide bonds. The van der Waals surface area contributed by atoms with Crippen molar-refractivity contribution in [3.05, 3.63) is 17.9 Å². The fourth-order valence-electron chi connectivity index (χ4n) is 1.89. The lowest BCUT2D eigenvalue weighted by molar-refractivity contribution is 0.377. The van der Waals surface area contributed by atoms with Gasteiger partial charge in [-0.25, -0.2) is 0 Å². The molecule has 0 radical (unpaired) electrons. The van der Waals surface area contributed by atoms with Crippen molar-refractivity contribution in [2.24, 2.45) is 5.92 Å². The number of nitrogens with zero attached hydrogens (tertiary/aromatic N) is 1. The zero-order valence-corrected chi connectivity index (χ0v) is 13.1. The highest BCUT2D eigenvalue weighted by Gasteiger charge is 2.25. The molecule has 21 heavy (non-hydrogen) atoms. The average molecular weight is 314 g/mol. The third-order valence-corrected chi connectivity index (χ3v) is 3.55. The van der Waals surface area contributed by atoms with Crippen molar-refractivity contribution in [1.82, 2.24) is 4.98 Å². The van der Waals surface area contributed by atoms with Gasteiger partial charge in [0.25, 0.3) is 6.01 Å². The van der Waals surface area contributed by atoms with Gasteiger partial charge < -0.3 is 23.9 Å². The predicted molar refractivity (Wildman–Crippen MR) is 78.6 cm³/mol. The molecule has 0 saturated carbocycles. The Labute approximate surface area is 122 Å². The predicted octanol–water partition coefficient (Wildman–Crippen LogP) is 2.37. The molecule has 0 spiro atoms. The first-order valence-electron chi connectivity index (χ1n) is 6.71. The maximum Gasteiger partial charge on any atom is 0.391 e. The Kier molecular flexibility index (Phi) is 4.56. The summed E-state index contributed by atoms with van der Waals surface area (Å²) in [6.45, 7) is 6.67. The molecule has 116 valence electrons. The Bertz CT molecular complexity index is 655. The Hall–Kier alpha value is -1.56. The summed E-state index contributed by atoms with van der Waals surface area (Å²) < 4.78 is 22.1. The normalized spacial score (nSPS) is 12.1. The topological polar surface area (TPSA) is 109 Å². The third kappa shape index (κ3) is 3.75. The summed E-state index contributed by atoms with van der Waals surface area (Å²) in [4.78, 5) is 22.5. The maximum absolute atomic E-state index is 11.2. The van der Waals surface area contributed by atoms with Gasteiger partial charge in [-0.3, -0.25) is 4.57 Å². The van der Waals surface area contributed by atoms with E-state index in [9.17, 15) is 4.57 Å². The van der Waals surface area contributed by atoms with E-state index in [1.807, 2.05) is 20.8 Å². The molecule has 2 aromatic rings. The van der Waals surface area contributed by atoms with E-state index in [1.54, 1.807) is 0 Å². The summed E-state index contributed by atoms with van der Waals surface area (Å²) in [5, 5.41) is 2.98. The first-order chi connectivity index (χ1) is 9.81. The van der Waals surface area contributed by atoms with E-state index in [1.165, 1.54) is 12.1 Å². The molecule has 2 heterocycles. The monoisotopic (exact) mass is 314 g/mol. The largest absolute Gasteiger partial charge is 0.446 e. The molecule has 0 atom stereocenters. The van der Waals surface area contributed by atoms with Crippen molar-refractivity contribution in [3.63, 3.8) is 0 Å². The Balaban J connectivity index is 2.41. The molecule has 0 aliphatic carbocycles. The molecule has 0 aliphatic heterocycles. The van der Waals surface area contributed by atoms with E-state index in [0.29, 0.717) is 36.4 Å². The molecule has 0 saturated heterocycles. The minimum absolute atomic E-state index is 0.289. The van der Waals surface area contributed by atoms with Crippen LogP contribution in [0.2, 0.25) is 0 Å². The Morgan fingerprint density at radius 3 is 2.57 bits per heavy atom. The number of anilines is 1. The van der Waals surface area contributed by atoms with Gasteiger partial charge in [0.2, 0.25) is 5.50 Å². The van der Waals surface area contributed by atoms with Gasteiger partial charge in [0.1, 0.15) is 11.5 Å². The summed E-state index contributed by atoms with van der Waals surface area (Å²) in [6, 6.07) is 3.13.